The molecule has 1 heterocycles. The summed E-state index contributed by atoms with van der Waals surface area (Å²) in [7, 11) is 0. The average Bonchev–Trinajstić information content (AvgIpc) is 2.05. The van der Waals surface area contributed by atoms with Gasteiger partial charge < -0.3 is 0 Å². The zero-order valence-electron chi connectivity index (χ0n) is 5.36. The number of fused-ring (bicyclic) bond motifs is 1. The van der Waals surface area contributed by atoms with Gasteiger partial charge in [0.25, 0.3) is 0 Å². The van der Waals surface area contributed by atoms with Gasteiger partial charge in [-0.15, -0.1) is 0 Å². The Morgan fingerprint density at radius 3 is 2.31 bits per heavy atom. The standard InChI is InChI=1S/C8H6N2.3Na.3H/c1-2-4-8-7(3-1)5-9-6-10-8;;;;;;/h1-6H;;;;;;. The van der Waals surface area contributed by atoms with E-state index in [-0.39, 0.29) is 88.7 Å². The zero-order valence-corrected chi connectivity index (χ0v) is 5.36. The van der Waals surface area contributed by atoms with E-state index in [0.29, 0.717) is 0 Å². The monoisotopic (exact) mass is 202 g/mol. The Kier molecular flexibility index (Phi) is 11.5. The molecule has 54 valence electrons. The summed E-state index contributed by atoms with van der Waals surface area (Å²) in [5.41, 5.74) is 0.998. The topological polar surface area (TPSA) is 25.8 Å². The van der Waals surface area contributed by atoms with Crippen LogP contribution in [0.3, 0.4) is 0 Å². The fourth-order valence-corrected chi connectivity index (χ4v) is 0.923. The third-order valence-electron chi connectivity index (χ3n) is 1.41. The molecule has 0 aliphatic carbocycles. The van der Waals surface area contributed by atoms with E-state index in [4.69, 9.17) is 0 Å². The summed E-state index contributed by atoms with van der Waals surface area (Å²) < 4.78 is 0. The van der Waals surface area contributed by atoms with Gasteiger partial charge in [0.05, 0.1) is 5.52 Å². The van der Waals surface area contributed by atoms with Crippen molar-refractivity contribution < 1.29 is 0 Å². The molecule has 2 rings (SSSR count). The van der Waals surface area contributed by atoms with Crippen LogP contribution in [0.4, 0.5) is 0 Å². The van der Waals surface area contributed by atoms with Crippen LogP contribution in [0.15, 0.2) is 36.8 Å². The van der Waals surface area contributed by atoms with E-state index in [2.05, 4.69) is 9.97 Å². The minimum atomic E-state index is 0. The first-order valence-corrected chi connectivity index (χ1v) is 3.11. The van der Waals surface area contributed by atoms with Crippen LogP contribution in [0.5, 0.6) is 0 Å². The summed E-state index contributed by atoms with van der Waals surface area (Å²) in [5.74, 6) is 0. The maximum Gasteiger partial charge on any atom is 0.116 e. The van der Waals surface area contributed by atoms with Crippen LogP contribution in [0, 0.1) is 0 Å². The van der Waals surface area contributed by atoms with Gasteiger partial charge in [0.2, 0.25) is 0 Å². The molecule has 0 spiro atoms. The van der Waals surface area contributed by atoms with Crippen molar-refractivity contribution in [3.05, 3.63) is 36.8 Å². The fourth-order valence-electron chi connectivity index (χ4n) is 0.923. The van der Waals surface area contributed by atoms with Crippen molar-refractivity contribution >= 4 is 99.6 Å². The smallest absolute Gasteiger partial charge is 0.116 e. The molecule has 5 heteroatoms. The van der Waals surface area contributed by atoms with Gasteiger partial charge in [-0.3, -0.25) is 0 Å². The maximum atomic E-state index is 4.07. The van der Waals surface area contributed by atoms with Gasteiger partial charge in [-0.25, -0.2) is 9.97 Å². The van der Waals surface area contributed by atoms with E-state index in [9.17, 15) is 0 Å². The maximum absolute atomic E-state index is 4.07. The molecule has 0 radical (unpaired) electrons. The van der Waals surface area contributed by atoms with Crippen molar-refractivity contribution in [1.82, 2.24) is 9.97 Å². The van der Waals surface area contributed by atoms with Crippen LogP contribution in [-0.4, -0.2) is 98.6 Å². The third kappa shape index (κ3) is 4.74. The molecule has 0 saturated heterocycles. The van der Waals surface area contributed by atoms with Crippen LogP contribution in [0.2, 0.25) is 0 Å². The van der Waals surface area contributed by atoms with Gasteiger partial charge >= 0.3 is 88.7 Å². The molecule has 13 heavy (non-hydrogen) atoms. The first kappa shape index (κ1) is 17.0. The fraction of sp³-hybridized carbons (Fsp3) is 0. The van der Waals surface area contributed by atoms with Gasteiger partial charge in [-0.2, -0.15) is 0 Å². The van der Waals surface area contributed by atoms with E-state index in [0.717, 1.165) is 10.9 Å². The second-order valence-corrected chi connectivity index (χ2v) is 2.08. The second-order valence-electron chi connectivity index (χ2n) is 2.08. The largest absolute Gasteiger partial charge is 0.244 e. The third-order valence-corrected chi connectivity index (χ3v) is 1.41. The quantitative estimate of drug-likeness (QED) is 0.547. The van der Waals surface area contributed by atoms with Crippen molar-refractivity contribution in [3.8, 4) is 0 Å². The predicted octanol–water partition coefficient (Wildman–Crippen LogP) is -0.316. The molecule has 0 unspecified atom stereocenters. The van der Waals surface area contributed by atoms with Crippen molar-refractivity contribution in [2.45, 2.75) is 0 Å². The van der Waals surface area contributed by atoms with Gasteiger partial charge in [-0.05, 0) is 6.07 Å². The SMILES string of the molecule is [NaH].[NaH].[NaH].c1ccc2ncncc2c1. The van der Waals surface area contributed by atoms with Gasteiger partial charge in [0.15, 0.2) is 0 Å². The molecule has 0 saturated carbocycles. The van der Waals surface area contributed by atoms with Gasteiger partial charge in [0, 0.05) is 11.6 Å². The Bertz CT molecular complexity index is 288. The van der Waals surface area contributed by atoms with E-state index in [1.165, 1.54) is 0 Å². The summed E-state index contributed by atoms with van der Waals surface area (Å²) >= 11 is 0. The number of hydrogen-bond acceptors (Lipinski definition) is 2. The van der Waals surface area contributed by atoms with Gasteiger partial charge in [-0.1, -0.05) is 18.2 Å². The summed E-state index contributed by atoms with van der Waals surface area (Å²) in [6, 6.07) is 7.91. The molecular weight excluding hydrogens is 193 g/mol. The minimum Gasteiger partial charge on any atom is -0.244 e. The van der Waals surface area contributed by atoms with Crippen LogP contribution < -0.4 is 0 Å². The molecule has 1 aromatic heterocycles. The summed E-state index contributed by atoms with van der Waals surface area (Å²) in [6.45, 7) is 0. The summed E-state index contributed by atoms with van der Waals surface area (Å²) in [4.78, 5) is 7.97. The molecule has 0 amide bonds. The Labute approximate surface area is 144 Å². The zero-order chi connectivity index (χ0) is 6.81. The first-order chi connectivity index (χ1) is 4.97. The second kappa shape index (κ2) is 8.84. The van der Waals surface area contributed by atoms with E-state index in [1.54, 1.807) is 6.33 Å². The summed E-state index contributed by atoms with van der Waals surface area (Å²) in [6.07, 6.45) is 3.37. The normalized spacial score (nSPS) is 7.69. The molecule has 1 aromatic carbocycles. The van der Waals surface area contributed by atoms with E-state index >= 15 is 0 Å². The molecular formula is C8H9N2Na3. The number of benzene rings is 1. The first-order valence-electron chi connectivity index (χ1n) is 3.11. The number of rotatable bonds is 0. The number of aromatic nitrogens is 2. The van der Waals surface area contributed by atoms with Crippen LogP contribution >= 0.6 is 0 Å². The van der Waals surface area contributed by atoms with E-state index in [1.807, 2.05) is 30.5 Å². The van der Waals surface area contributed by atoms with Crippen molar-refractivity contribution in [2.75, 3.05) is 0 Å². The van der Waals surface area contributed by atoms with Crippen molar-refractivity contribution in [1.29, 1.82) is 0 Å². The molecule has 0 aliphatic rings. The van der Waals surface area contributed by atoms with Crippen molar-refractivity contribution in [3.63, 3.8) is 0 Å². The number of nitrogens with zero attached hydrogens (tertiary/aromatic N) is 2. The number of hydrogen-bond donors (Lipinski definition) is 0. The van der Waals surface area contributed by atoms with Crippen LogP contribution in [-0.2, 0) is 0 Å². The molecule has 2 aromatic rings. The molecule has 0 atom stereocenters. The Hall–Kier alpha value is 1.56. The Morgan fingerprint density at radius 2 is 1.62 bits per heavy atom. The van der Waals surface area contributed by atoms with E-state index < -0.39 is 0 Å². The van der Waals surface area contributed by atoms with Crippen molar-refractivity contribution in [2.24, 2.45) is 0 Å². The summed E-state index contributed by atoms with van der Waals surface area (Å²) in [5, 5.41) is 1.09. The predicted molar refractivity (Wildman–Crippen MR) is 61.0 cm³/mol. The van der Waals surface area contributed by atoms with Crippen LogP contribution in [0.25, 0.3) is 10.9 Å². The average molecular weight is 202 g/mol. The van der Waals surface area contributed by atoms with Gasteiger partial charge in [0.1, 0.15) is 6.33 Å². The minimum absolute atomic E-state index is 0. The molecule has 2 nitrogen and oxygen atoms in total. The molecule has 0 N–H and O–H groups in total. The Morgan fingerprint density at radius 1 is 0.923 bits per heavy atom. The van der Waals surface area contributed by atoms with Crippen LogP contribution in [0.1, 0.15) is 0 Å². The molecule has 0 fully saturated rings. The number of para-hydroxylation sites is 1. The molecule has 0 bridgehead atoms. The molecule has 0 aliphatic heterocycles. The Balaban J connectivity index is 0.